The van der Waals surface area contributed by atoms with Gasteiger partial charge in [-0.2, -0.15) is 11.8 Å². The topological polar surface area (TPSA) is 78.5 Å². The molecule has 116 valence electrons. The zero-order chi connectivity index (χ0) is 15.8. The second-order valence-electron chi connectivity index (χ2n) is 4.76. The molecule has 0 unspecified atom stereocenters. The van der Waals surface area contributed by atoms with Crippen molar-refractivity contribution in [3.8, 4) is 5.75 Å². The monoisotopic (exact) mass is 310 g/mol. The first-order valence-electron chi connectivity index (χ1n) is 6.63. The molecule has 21 heavy (non-hydrogen) atoms. The number of hydrogen-bond donors (Lipinski definition) is 1. The molecule has 0 fully saturated rings. The Kier molecular flexibility index (Phi) is 7.08. The maximum Gasteiger partial charge on any atom is 0.258 e. The number of carbonyl (C=O) groups is 2. The third kappa shape index (κ3) is 6.08. The molecular weight excluding hydrogens is 290 g/mol. The Hall–Kier alpha value is -1.69. The minimum Gasteiger partial charge on any atom is -0.548 e. The number of nitrogens with one attached hydrogen (secondary N) is 1. The largest absolute Gasteiger partial charge is 0.548 e. The molecule has 1 rings (SSSR count). The van der Waals surface area contributed by atoms with Crippen LogP contribution in [0.4, 0.5) is 0 Å². The SMILES string of the molecule is CSCC[C@H](NC(=O)COc1ccc(C)c(C)c1)C(=O)[O-]. The summed E-state index contributed by atoms with van der Waals surface area (Å²) in [5, 5.41) is 13.3. The van der Waals surface area contributed by atoms with Gasteiger partial charge < -0.3 is 20.0 Å². The average Bonchev–Trinajstić information content (AvgIpc) is 2.44. The Labute approximate surface area is 129 Å². The van der Waals surface area contributed by atoms with Gasteiger partial charge in [-0.05, 0) is 55.5 Å². The molecular formula is C15H20NO4S-. The highest BCUT2D eigenvalue weighted by molar-refractivity contribution is 7.98. The van der Waals surface area contributed by atoms with Crippen LogP contribution >= 0.6 is 11.8 Å². The van der Waals surface area contributed by atoms with Gasteiger partial charge in [0.25, 0.3) is 5.91 Å². The summed E-state index contributed by atoms with van der Waals surface area (Å²) in [4.78, 5) is 22.6. The van der Waals surface area contributed by atoms with Crippen molar-refractivity contribution in [2.75, 3.05) is 18.6 Å². The summed E-state index contributed by atoms with van der Waals surface area (Å²) < 4.78 is 5.36. The molecule has 0 saturated carbocycles. The van der Waals surface area contributed by atoms with Crippen LogP contribution in [0, 0.1) is 13.8 Å². The minimum absolute atomic E-state index is 0.217. The van der Waals surface area contributed by atoms with E-state index in [1.165, 1.54) is 11.8 Å². The molecule has 0 heterocycles. The first-order valence-corrected chi connectivity index (χ1v) is 8.02. The lowest BCUT2D eigenvalue weighted by Gasteiger charge is -2.19. The van der Waals surface area contributed by atoms with Crippen LogP contribution in [-0.4, -0.2) is 36.5 Å². The van der Waals surface area contributed by atoms with Gasteiger partial charge in [-0.3, -0.25) is 4.79 Å². The minimum atomic E-state index is -1.27. The number of aryl methyl sites for hydroxylation is 2. The van der Waals surface area contributed by atoms with Crippen LogP contribution in [0.3, 0.4) is 0 Å². The van der Waals surface area contributed by atoms with E-state index in [4.69, 9.17) is 4.74 Å². The molecule has 1 amide bonds. The maximum atomic E-state index is 11.7. The zero-order valence-corrected chi connectivity index (χ0v) is 13.3. The van der Waals surface area contributed by atoms with E-state index in [0.717, 1.165) is 11.1 Å². The van der Waals surface area contributed by atoms with E-state index in [0.29, 0.717) is 17.9 Å². The molecule has 0 saturated heterocycles. The van der Waals surface area contributed by atoms with Crippen molar-refractivity contribution in [1.29, 1.82) is 0 Å². The molecule has 1 aromatic rings. The lowest BCUT2D eigenvalue weighted by atomic mass is 10.1. The van der Waals surface area contributed by atoms with Gasteiger partial charge >= 0.3 is 0 Å². The molecule has 6 heteroatoms. The van der Waals surface area contributed by atoms with Gasteiger partial charge in [0.2, 0.25) is 0 Å². The Bertz CT molecular complexity index is 504. The van der Waals surface area contributed by atoms with Crippen LogP contribution in [0.5, 0.6) is 5.75 Å². The molecule has 0 aromatic heterocycles. The van der Waals surface area contributed by atoms with Crippen molar-refractivity contribution in [1.82, 2.24) is 5.32 Å². The van der Waals surface area contributed by atoms with Crippen molar-refractivity contribution >= 4 is 23.6 Å². The van der Waals surface area contributed by atoms with Crippen LogP contribution in [0.15, 0.2) is 18.2 Å². The number of aliphatic carboxylic acids is 1. The number of carbonyl (C=O) groups excluding carboxylic acids is 2. The normalized spacial score (nSPS) is 11.8. The number of benzene rings is 1. The van der Waals surface area contributed by atoms with E-state index < -0.39 is 17.9 Å². The fraction of sp³-hybridized carbons (Fsp3) is 0.467. The lowest BCUT2D eigenvalue weighted by molar-refractivity contribution is -0.308. The molecule has 0 bridgehead atoms. The summed E-state index contributed by atoms with van der Waals surface area (Å²) in [7, 11) is 0. The van der Waals surface area contributed by atoms with Gasteiger partial charge in [0.1, 0.15) is 5.75 Å². The summed E-state index contributed by atoms with van der Waals surface area (Å²) in [6.45, 7) is 3.73. The van der Waals surface area contributed by atoms with Crippen molar-refractivity contribution in [3.63, 3.8) is 0 Å². The van der Waals surface area contributed by atoms with Gasteiger partial charge in [-0.1, -0.05) is 6.07 Å². The molecule has 0 aliphatic rings. The van der Waals surface area contributed by atoms with E-state index in [1.807, 2.05) is 32.2 Å². The fourth-order valence-corrected chi connectivity index (χ4v) is 2.14. The smallest absolute Gasteiger partial charge is 0.258 e. The van der Waals surface area contributed by atoms with Gasteiger partial charge in [0, 0.05) is 0 Å². The highest BCUT2D eigenvalue weighted by atomic mass is 32.2. The molecule has 1 atom stereocenters. The number of ether oxygens (including phenoxy) is 1. The highest BCUT2D eigenvalue weighted by Gasteiger charge is 2.13. The van der Waals surface area contributed by atoms with Crippen LogP contribution < -0.4 is 15.2 Å². The zero-order valence-electron chi connectivity index (χ0n) is 12.5. The van der Waals surface area contributed by atoms with E-state index in [2.05, 4.69) is 5.32 Å². The van der Waals surface area contributed by atoms with Crippen LogP contribution in [0.1, 0.15) is 17.5 Å². The summed E-state index contributed by atoms with van der Waals surface area (Å²) in [5.74, 6) is -0.522. The number of rotatable bonds is 8. The Morgan fingerprint density at radius 2 is 2.05 bits per heavy atom. The van der Waals surface area contributed by atoms with Crippen LogP contribution in [0.2, 0.25) is 0 Å². The van der Waals surface area contributed by atoms with Crippen LogP contribution in [0.25, 0.3) is 0 Å². The number of carboxylic acid groups (broad SMARTS) is 1. The van der Waals surface area contributed by atoms with Gasteiger partial charge in [-0.25, -0.2) is 0 Å². The first-order chi connectivity index (χ1) is 9.93. The second kappa shape index (κ2) is 8.56. The van der Waals surface area contributed by atoms with E-state index in [9.17, 15) is 14.7 Å². The molecule has 0 aliphatic heterocycles. The molecule has 1 aromatic carbocycles. The third-order valence-corrected chi connectivity index (χ3v) is 3.72. The quantitative estimate of drug-likeness (QED) is 0.763. The summed E-state index contributed by atoms with van der Waals surface area (Å²) in [5.41, 5.74) is 2.21. The summed E-state index contributed by atoms with van der Waals surface area (Å²) >= 11 is 1.51. The van der Waals surface area contributed by atoms with Crippen molar-refractivity contribution in [3.05, 3.63) is 29.3 Å². The van der Waals surface area contributed by atoms with Gasteiger partial charge in [0.15, 0.2) is 6.61 Å². The van der Waals surface area contributed by atoms with E-state index >= 15 is 0 Å². The molecule has 0 radical (unpaired) electrons. The lowest BCUT2D eigenvalue weighted by Crippen LogP contribution is -2.49. The third-order valence-electron chi connectivity index (χ3n) is 3.08. The van der Waals surface area contributed by atoms with Crippen molar-refractivity contribution in [2.45, 2.75) is 26.3 Å². The van der Waals surface area contributed by atoms with Crippen LogP contribution in [-0.2, 0) is 9.59 Å². The Morgan fingerprint density at radius 1 is 1.33 bits per heavy atom. The second-order valence-corrected chi connectivity index (χ2v) is 5.74. The average molecular weight is 310 g/mol. The van der Waals surface area contributed by atoms with E-state index in [1.54, 1.807) is 6.07 Å². The standard InChI is InChI=1S/C15H21NO4S/c1-10-4-5-12(8-11(10)2)20-9-14(17)16-13(15(18)19)6-7-21-3/h4-5,8,13H,6-7,9H2,1-3H3,(H,16,17)(H,18,19)/p-1/t13-/m0/s1. The number of thioether (sulfide) groups is 1. The molecule has 0 spiro atoms. The molecule has 5 nitrogen and oxygen atoms in total. The molecule has 1 N–H and O–H groups in total. The molecule has 0 aliphatic carbocycles. The van der Waals surface area contributed by atoms with Gasteiger partial charge in [0.05, 0.1) is 12.0 Å². The Morgan fingerprint density at radius 3 is 2.62 bits per heavy atom. The first kappa shape index (κ1) is 17.4. The summed E-state index contributed by atoms with van der Waals surface area (Å²) in [6, 6.07) is 4.55. The Balaban J connectivity index is 2.48. The maximum absolute atomic E-state index is 11.7. The highest BCUT2D eigenvalue weighted by Crippen LogP contribution is 2.16. The number of carboxylic acids is 1. The number of amides is 1. The fourth-order valence-electron chi connectivity index (χ4n) is 1.67. The van der Waals surface area contributed by atoms with Crippen molar-refractivity contribution in [2.24, 2.45) is 0 Å². The number of hydrogen-bond acceptors (Lipinski definition) is 5. The predicted molar refractivity (Wildman–Crippen MR) is 81.3 cm³/mol. The predicted octanol–water partition coefficient (Wildman–Crippen LogP) is 0.670. The van der Waals surface area contributed by atoms with Gasteiger partial charge in [-0.15, -0.1) is 0 Å². The van der Waals surface area contributed by atoms with Crippen molar-refractivity contribution < 1.29 is 19.4 Å². The van der Waals surface area contributed by atoms with E-state index in [-0.39, 0.29) is 6.61 Å². The summed E-state index contributed by atoms with van der Waals surface area (Å²) in [6.07, 6.45) is 2.20.